The van der Waals surface area contributed by atoms with E-state index in [2.05, 4.69) is 21.2 Å². The second-order valence-corrected chi connectivity index (χ2v) is 5.00. The maximum Gasteiger partial charge on any atom is 0.230 e. The summed E-state index contributed by atoms with van der Waals surface area (Å²) in [6.45, 7) is 6.27. The van der Waals surface area contributed by atoms with E-state index in [-0.39, 0.29) is 11.8 Å². The van der Waals surface area contributed by atoms with Gasteiger partial charge < -0.3 is 10.1 Å². The van der Waals surface area contributed by atoms with Gasteiger partial charge in [-0.05, 0) is 31.0 Å². The fourth-order valence-electron chi connectivity index (χ4n) is 1.73. The molecule has 3 nitrogen and oxygen atoms in total. The van der Waals surface area contributed by atoms with Crippen molar-refractivity contribution in [3.8, 4) is 5.75 Å². The SMILES string of the molecule is Cc1cc2c(c(C)c1Br)NC(=O)C(C)CO2. The Morgan fingerprint density at radius 1 is 1.50 bits per heavy atom. The van der Waals surface area contributed by atoms with E-state index >= 15 is 0 Å². The third kappa shape index (κ3) is 1.82. The molecule has 2 rings (SSSR count). The van der Waals surface area contributed by atoms with Crippen LogP contribution in [0.4, 0.5) is 5.69 Å². The summed E-state index contributed by atoms with van der Waals surface area (Å²) in [7, 11) is 0. The number of ether oxygens (including phenoxy) is 1. The van der Waals surface area contributed by atoms with Crippen molar-refractivity contribution in [2.24, 2.45) is 5.92 Å². The van der Waals surface area contributed by atoms with E-state index in [4.69, 9.17) is 4.74 Å². The molecule has 0 bridgehead atoms. The summed E-state index contributed by atoms with van der Waals surface area (Å²) in [6.07, 6.45) is 0. The van der Waals surface area contributed by atoms with Crippen molar-refractivity contribution in [2.45, 2.75) is 20.8 Å². The van der Waals surface area contributed by atoms with Crippen LogP contribution in [-0.2, 0) is 4.79 Å². The number of anilines is 1. The maximum absolute atomic E-state index is 11.7. The van der Waals surface area contributed by atoms with Crippen LogP contribution in [0, 0.1) is 19.8 Å². The zero-order valence-electron chi connectivity index (χ0n) is 9.56. The second-order valence-electron chi connectivity index (χ2n) is 4.21. The number of fused-ring (bicyclic) bond motifs is 1. The van der Waals surface area contributed by atoms with Crippen LogP contribution in [0.25, 0.3) is 0 Å². The van der Waals surface area contributed by atoms with Crippen molar-refractivity contribution < 1.29 is 9.53 Å². The minimum Gasteiger partial charge on any atom is -0.491 e. The standard InChI is InChI=1S/C12H14BrNO2/c1-6-4-9-11(8(3)10(6)13)14-12(15)7(2)5-16-9/h4,7H,5H2,1-3H3,(H,14,15). The van der Waals surface area contributed by atoms with Crippen LogP contribution in [0.5, 0.6) is 5.75 Å². The first-order valence-corrected chi connectivity index (χ1v) is 6.03. The molecule has 0 radical (unpaired) electrons. The highest BCUT2D eigenvalue weighted by Gasteiger charge is 2.23. The topological polar surface area (TPSA) is 38.3 Å². The Hall–Kier alpha value is -1.03. The van der Waals surface area contributed by atoms with Gasteiger partial charge in [-0.3, -0.25) is 4.79 Å². The quantitative estimate of drug-likeness (QED) is 0.795. The summed E-state index contributed by atoms with van der Waals surface area (Å²) in [5, 5.41) is 2.91. The molecule has 0 fully saturated rings. The second kappa shape index (κ2) is 4.09. The molecule has 1 aromatic rings. The minimum atomic E-state index is -0.120. The van der Waals surface area contributed by atoms with Gasteiger partial charge in [-0.1, -0.05) is 22.9 Å². The number of halogens is 1. The van der Waals surface area contributed by atoms with Gasteiger partial charge in [0, 0.05) is 4.47 Å². The van der Waals surface area contributed by atoms with Gasteiger partial charge in [0.15, 0.2) is 0 Å². The van der Waals surface area contributed by atoms with Crippen molar-refractivity contribution in [1.29, 1.82) is 0 Å². The molecule has 0 aliphatic carbocycles. The predicted molar refractivity (Wildman–Crippen MR) is 66.9 cm³/mol. The fourth-order valence-corrected chi connectivity index (χ4v) is 2.04. The number of hydrogen-bond acceptors (Lipinski definition) is 2. The molecule has 1 N–H and O–H groups in total. The average Bonchev–Trinajstić information content (AvgIpc) is 2.39. The van der Waals surface area contributed by atoms with Gasteiger partial charge in [-0.25, -0.2) is 0 Å². The van der Waals surface area contributed by atoms with E-state index in [9.17, 15) is 4.79 Å². The van der Waals surface area contributed by atoms with Gasteiger partial charge >= 0.3 is 0 Å². The molecule has 1 heterocycles. The molecule has 16 heavy (non-hydrogen) atoms. The number of rotatable bonds is 0. The molecule has 1 unspecified atom stereocenters. The normalized spacial score (nSPS) is 19.5. The summed E-state index contributed by atoms with van der Waals surface area (Å²) < 4.78 is 6.66. The lowest BCUT2D eigenvalue weighted by Gasteiger charge is -2.13. The lowest BCUT2D eigenvalue weighted by Crippen LogP contribution is -2.22. The number of amides is 1. The predicted octanol–water partition coefficient (Wildman–Crippen LogP) is 3.03. The van der Waals surface area contributed by atoms with Gasteiger partial charge in [0.2, 0.25) is 5.91 Å². The first-order chi connectivity index (χ1) is 7.50. The third-order valence-corrected chi connectivity index (χ3v) is 4.05. The summed E-state index contributed by atoms with van der Waals surface area (Å²) in [4.78, 5) is 11.7. The number of carbonyl (C=O) groups is 1. The van der Waals surface area contributed by atoms with Gasteiger partial charge in [0.1, 0.15) is 5.75 Å². The number of benzene rings is 1. The molecule has 0 aromatic heterocycles. The number of aryl methyl sites for hydroxylation is 1. The van der Waals surface area contributed by atoms with Crippen LogP contribution < -0.4 is 10.1 Å². The Bertz CT molecular complexity index is 457. The van der Waals surface area contributed by atoms with Gasteiger partial charge in [0.25, 0.3) is 0 Å². The smallest absolute Gasteiger partial charge is 0.230 e. The molecule has 0 saturated carbocycles. The van der Waals surface area contributed by atoms with Crippen molar-refractivity contribution in [1.82, 2.24) is 0 Å². The lowest BCUT2D eigenvalue weighted by atomic mass is 10.1. The Labute approximate surface area is 103 Å². The van der Waals surface area contributed by atoms with Crippen LogP contribution >= 0.6 is 15.9 Å². The number of nitrogens with one attached hydrogen (secondary N) is 1. The van der Waals surface area contributed by atoms with E-state index in [0.29, 0.717) is 6.61 Å². The minimum absolute atomic E-state index is 0.0117. The highest BCUT2D eigenvalue weighted by Crippen LogP contribution is 2.37. The molecule has 1 aliphatic heterocycles. The molecule has 1 atom stereocenters. The molecule has 4 heteroatoms. The van der Waals surface area contributed by atoms with Crippen molar-refractivity contribution in [3.63, 3.8) is 0 Å². The molecule has 1 aliphatic rings. The molecule has 0 spiro atoms. The largest absolute Gasteiger partial charge is 0.491 e. The number of hydrogen-bond donors (Lipinski definition) is 1. The zero-order valence-corrected chi connectivity index (χ0v) is 11.1. The Morgan fingerprint density at radius 3 is 2.88 bits per heavy atom. The summed E-state index contributed by atoms with van der Waals surface area (Å²) >= 11 is 3.51. The Balaban J connectivity index is 2.54. The summed E-state index contributed by atoms with van der Waals surface area (Å²) in [5.41, 5.74) is 2.91. The van der Waals surface area contributed by atoms with Crippen LogP contribution in [0.3, 0.4) is 0 Å². The van der Waals surface area contributed by atoms with Crippen molar-refractivity contribution >= 4 is 27.5 Å². The highest BCUT2D eigenvalue weighted by molar-refractivity contribution is 9.10. The summed E-state index contributed by atoms with van der Waals surface area (Å²) in [6, 6.07) is 1.95. The Morgan fingerprint density at radius 2 is 2.19 bits per heavy atom. The first kappa shape index (κ1) is 11.5. The van der Waals surface area contributed by atoms with Crippen LogP contribution in [0.1, 0.15) is 18.1 Å². The highest BCUT2D eigenvalue weighted by atomic mass is 79.9. The molecule has 0 saturated heterocycles. The molecular formula is C12H14BrNO2. The van der Waals surface area contributed by atoms with Gasteiger partial charge in [0.05, 0.1) is 18.2 Å². The van der Waals surface area contributed by atoms with E-state index in [1.54, 1.807) is 0 Å². The maximum atomic E-state index is 11.7. The van der Waals surface area contributed by atoms with E-state index < -0.39 is 0 Å². The van der Waals surface area contributed by atoms with Crippen molar-refractivity contribution in [3.05, 3.63) is 21.7 Å². The fraction of sp³-hybridized carbons (Fsp3) is 0.417. The van der Waals surface area contributed by atoms with E-state index in [1.807, 2.05) is 26.8 Å². The van der Waals surface area contributed by atoms with E-state index in [1.165, 1.54) is 0 Å². The summed E-state index contributed by atoms with van der Waals surface area (Å²) in [5.74, 6) is 0.652. The average molecular weight is 284 g/mol. The number of carbonyl (C=O) groups excluding carboxylic acids is 1. The zero-order chi connectivity index (χ0) is 11.9. The van der Waals surface area contributed by atoms with E-state index in [0.717, 1.165) is 27.0 Å². The molecule has 86 valence electrons. The Kier molecular flexibility index (Phi) is 2.93. The van der Waals surface area contributed by atoms with Crippen LogP contribution in [-0.4, -0.2) is 12.5 Å². The molecule has 1 amide bonds. The van der Waals surface area contributed by atoms with Crippen LogP contribution in [0.15, 0.2) is 10.5 Å². The molecule has 1 aromatic carbocycles. The van der Waals surface area contributed by atoms with Crippen molar-refractivity contribution in [2.75, 3.05) is 11.9 Å². The first-order valence-electron chi connectivity index (χ1n) is 5.24. The van der Waals surface area contributed by atoms with Gasteiger partial charge in [-0.15, -0.1) is 0 Å². The molecular weight excluding hydrogens is 270 g/mol. The lowest BCUT2D eigenvalue weighted by molar-refractivity contribution is -0.119. The third-order valence-electron chi connectivity index (χ3n) is 2.83. The van der Waals surface area contributed by atoms with Gasteiger partial charge in [-0.2, -0.15) is 0 Å². The van der Waals surface area contributed by atoms with Crippen LogP contribution in [0.2, 0.25) is 0 Å². The monoisotopic (exact) mass is 283 g/mol.